The van der Waals surface area contributed by atoms with Gasteiger partial charge in [-0.2, -0.15) is 4.73 Å². The largest absolute Gasteiger partial charge is 0.618 e. The molecule has 5 aromatic rings. The Kier molecular flexibility index (Phi) is 4.39. The molecule has 154 valence electrons. The van der Waals surface area contributed by atoms with Crippen molar-refractivity contribution >= 4 is 22.0 Å². The lowest BCUT2D eigenvalue weighted by molar-refractivity contribution is -0.567. The van der Waals surface area contributed by atoms with Crippen molar-refractivity contribution in [2.45, 2.75) is 6.61 Å². The molecule has 0 bridgehead atoms. The van der Waals surface area contributed by atoms with Crippen LogP contribution in [0.1, 0.15) is 5.56 Å². The van der Waals surface area contributed by atoms with Gasteiger partial charge in [-0.3, -0.25) is 4.79 Å². The summed E-state index contributed by atoms with van der Waals surface area (Å²) < 4.78 is 35.1. The zero-order valence-corrected chi connectivity index (χ0v) is 15.9. The Morgan fingerprint density at radius 2 is 1.68 bits per heavy atom. The number of nitrogens with zero attached hydrogens (tertiary/aromatic N) is 2. The summed E-state index contributed by atoms with van der Waals surface area (Å²) in [5.74, 6) is -1.55. The molecule has 0 amide bonds. The van der Waals surface area contributed by atoms with Crippen molar-refractivity contribution in [3.8, 4) is 11.5 Å². The van der Waals surface area contributed by atoms with Crippen molar-refractivity contribution in [1.82, 2.24) is 4.73 Å². The predicted octanol–water partition coefficient (Wildman–Crippen LogP) is 3.96. The van der Waals surface area contributed by atoms with E-state index >= 15 is 0 Å². The van der Waals surface area contributed by atoms with Gasteiger partial charge in [0.1, 0.15) is 23.8 Å². The van der Waals surface area contributed by atoms with E-state index in [1.165, 1.54) is 18.2 Å². The van der Waals surface area contributed by atoms with Crippen molar-refractivity contribution < 1.29 is 22.8 Å². The minimum absolute atomic E-state index is 0.0568. The fourth-order valence-electron chi connectivity index (χ4n) is 3.45. The Labute approximate surface area is 173 Å². The van der Waals surface area contributed by atoms with Gasteiger partial charge in [-0.15, -0.1) is 4.73 Å². The molecule has 2 aromatic heterocycles. The van der Waals surface area contributed by atoms with Gasteiger partial charge in [0.2, 0.25) is 11.3 Å². The SMILES string of the molecule is O=c1c(-c2cc3ccccc3o2)[n+]([O-])c2ccccc2n1OCc1c(F)cccc1F. The van der Waals surface area contributed by atoms with Gasteiger partial charge >= 0.3 is 11.3 Å². The highest BCUT2D eigenvalue weighted by atomic mass is 19.1. The number of hydrogen-bond acceptors (Lipinski definition) is 4. The highest BCUT2D eigenvalue weighted by Gasteiger charge is 2.26. The number of furan rings is 1. The number of aromatic nitrogens is 2. The molecule has 0 aliphatic rings. The van der Waals surface area contributed by atoms with Gasteiger partial charge in [-0.1, -0.05) is 36.4 Å². The first kappa shape index (κ1) is 18.8. The van der Waals surface area contributed by atoms with Crippen LogP contribution < -0.4 is 15.1 Å². The van der Waals surface area contributed by atoms with Gasteiger partial charge in [0.25, 0.3) is 0 Å². The van der Waals surface area contributed by atoms with E-state index in [1.54, 1.807) is 42.5 Å². The van der Waals surface area contributed by atoms with E-state index in [1.807, 2.05) is 0 Å². The Bertz CT molecular complexity index is 1450. The third-order valence-electron chi connectivity index (χ3n) is 4.97. The van der Waals surface area contributed by atoms with Crippen LogP contribution in [0.3, 0.4) is 0 Å². The maximum Gasteiger partial charge on any atom is 0.361 e. The summed E-state index contributed by atoms with van der Waals surface area (Å²) in [7, 11) is 0. The summed E-state index contributed by atoms with van der Waals surface area (Å²) in [6, 6.07) is 18.3. The van der Waals surface area contributed by atoms with Crippen LogP contribution in [-0.2, 0) is 6.61 Å². The summed E-state index contributed by atoms with van der Waals surface area (Å²) >= 11 is 0. The maximum atomic E-state index is 14.0. The third-order valence-corrected chi connectivity index (χ3v) is 4.97. The molecule has 0 saturated heterocycles. The molecule has 0 aliphatic heterocycles. The number of para-hydroxylation sites is 3. The third kappa shape index (κ3) is 3.09. The molecule has 6 nitrogen and oxygen atoms in total. The van der Waals surface area contributed by atoms with E-state index in [0.717, 1.165) is 16.9 Å². The molecule has 31 heavy (non-hydrogen) atoms. The van der Waals surface area contributed by atoms with Crippen molar-refractivity contribution in [1.29, 1.82) is 0 Å². The molecule has 0 atom stereocenters. The molecule has 0 N–H and O–H groups in total. The van der Waals surface area contributed by atoms with Gasteiger partial charge in [-0.05, 0) is 30.3 Å². The molecule has 0 saturated carbocycles. The highest BCUT2D eigenvalue weighted by Crippen LogP contribution is 2.25. The molecule has 0 unspecified atom stereocenters. The van der Waals surface area contributed by atoms with Gasteiger partial charge < -0.3 is 14.5 Å². The zero-order chi connectivity index (χ0) is 21.5. The fourth-order valence-corrected chi connectivity index (χ4v) is 3.45. The first-order valence-electron chi connectivity index (χ1n) is 9.37. The Hall–Kier alpha value is -4.20. The number of rotatable bonds is 4. The number of halogens is 2. The lowest BCUT2D eigenvalue weighted by Gasteiger charge is -2.14. The molecular weight excluding hydrogens is 406 g/mol. The molecule has 3 aromatic carbocycles. The van der Waals surface area contributed by atoms with Crippen molar-refractivity contribution in [3.05, 3.63) is 106 Å². The molecule has 2 heterocycles. The summed E-state index contributed by atoms with van der Waals surface area (Å²) in [6.07, 6.45) is 0. The topological polar surface area (TPSA) is 71.3 Å². The summed E-state index contributed by atoms with van der Waals surface area (Å²) in [5.41, 5.74) is -0.660. The maximum absolute atomic E-state index is 14.0. The quantitative estimate of drug-likeness (QED) is 0.326. The highest BCUT2D eigenvalue weighted by molar-refractivity contribution is 5.82. The summed E-state index contributed by atoms with van der Waals surface area (Å²) in [6.45, 7) is -0.551. The lowest BCUT2D eigenvalue weighted by atomic mass is 10.2. The van der Waals surface area contributed by atoms with Gasteiger partial charge in [-0.25, -0.2) is 8.78 Å². The fraction of sp³-hybridized carbons (Fsp3) is 0.0435. The standard InChI is InChI=1S/C23H14F2N2O4/c24-16-7-5-8-17(25)15(16)13-30-27-19-10-3-2-9-18(19)26(29)22(23(27)28)21-12-14-6-1-4-11-20(14)31-21/h1-12H,13H2. The number of hydrogen-bond donors (Lipinski definition) is 0. The van der Waals surface area contributed by atoms with Crippen LogP contribution in [0, 0.1) is 16.8 Å². The molecule has 8 heteroatoms. The molecule has 0 spiro atoms. The van der Waals surface area contributed by atoms with Crippen LogP contribution in [0.5, 0.6) is 0 Å². The van der Waals surface area contributed by atoms with Crippen molar-refractivity contribution in [2.75, 3.05) is 0 Å². The van der Waals surface area contributed by atoms with Crippen molar-refractivity contribution in [2.24, 2.45) is 0 Å². The second-order valence-corrected chi connectivity index (χ2v) is 6.85. The van der Waals surface area contributed by atoms with Crippen LogP contribution in [0.4, 0.5) is 8.78 Å². The molecule has 5 rings (SSSR count). The second-order valence-electron chi connectivity index (χ2n) is 6.85. The monoisotopic (exact) mass is 420 g/mol. The van der Waals surface area contributed by atoms with Crippen LogP contribution in [0.15, 0.2) is 82.0 Å². The second kappa shape index (κ2) is 7.24. The average molecular weight is 420 g/mol. The van der Waals surface area contributed by atoms with Gasteiger partial charge in [0, 0.05) is 11.5 Å². The summed E-state index contributed by atoms with van der Waals surface area (Å²) in [5, 5.41) is 13.7. The van der Waals surface area contributed by atoms with Crippen LogP contribution in [0.25, 0.3) is 33.5 Å². The van der Waals surface area contributed by atoms with E-state index < -0.39 is 23.8 Å². The van der Waals surface area contributed by atoms with Crippen LogP contribution >= 0.6 is 0 Å². The normalized spacial score (nSPS) is 11.3. The number of fused-ring (bicyclic) bond motifs is 2. The van der Waals surface area contributed by atoms with E-state index in [0.29, 0.717) is 15.7 Å². The van der Waals surface area contributed by atoms with E-state index in [9.17, 15) is 18.8 Å². The minimum atomic E-state index is -0.815. The minimum Gasteiger partial charge on any atom is -0.618 e. The summed E-state index contributed by atoms with van der Waals surface area (Å²) in [4.78, 5) is 18.8. The van der Waals surface area contributed by atoms with Gasteiger partial charge in [0.05, 0.1) is 5.56 Å². The molecular formula is C23H14F2N2O4. The first-order chi connectivity index (χ1) is 15.0. The van der Waals surface area contributed by atoms with Gasteiger partial charge in [0.15, 0.2) is 5.52 Å². The Balaban J connectivity index is 1.70. The Morgan fingerprint density at radius 1 is 0.968 bits per heavy atom. The predicted molar refractivity (Wildman–Crippen MR) is 109 cm³/mol. The lowest BCUT2D eigenvalue weighted by Crippen LogP contribution is -2.42. The smallest absolute Gasteiger partial charge is 0.361 e. The van der Waals surface area contributed by atoms with Crippen LogP contribution in [-0.4, -0.2) is 4.73 Å². The van der Waals surface area contributed by atoms with Crippen LogP contribution in [0.2, 0.25) is 0 Å². The average Bonchev–Trinajstić information content (AvgIpc) is 3.19. The van der Waals surface area contributed by atoms with Crippen molar-refractivity contribution in [3.63, 3.8) is 0 Å². The van der Waals surface area contributed by atoms with E-state index in [2.05, 4.69) is 0 Å². The molecule has 0 aliphatic carbocycles. The number of benzene rings is 3. The molecule has 0 radical (unpaired) electrons. The molecule has 0 fully saturated rings. The van der Waals surface area contributed by atoms with E-state index in [4.69, 9.17) is 9.25 Å². The van der Waals surface area contributed by atoms with E-state index in [-0.39, 0.29) is 28.1 Å². The Morgan fingerprint density at radius 3 is 2.45 bits per heavy atom. The first-order valence-corrected chi connectivity index (χ1v) is 9.37. The zero-order valence-electron chi connectivity index (χ0n) is 15.9.